The molecule has 0 fully saturated rings. The fourth-order valence-electron chi connectivity index (χ4n) is 1.45. The molecule has 0 aromatic heterocycles. The van der Waals surface area contributed by atoms with Crippen LogP contribution in [0.5, 0.6) is 0 Å². The molecule has 1 aromatic rings. The molecule has 0 aliphatic carbocycles. The third-order valence-corrected chi connectivity index (χ3v) is 3.22. The van der Waals surface area contributed by atoms with Crippen molar-refractivity contribution in [1.29, 1.82) is 0 Å². The van der Waals surface area contributed by atoms with Crippen molar-refractivity contribution in [2.75, 3.05) is 13.2 Å². The zero-order valence-electron chi connectivity index (χ0n) is 12.4. The molecule has 0 bridgehead atoms. The maximum Gasteiger partial charge on any atom is 0.407 e. The molecule has 1 unspecified atom stereocenters. The molecule has 0 heterocycles. The molecule has 1 N–H and O–H groups in total. The summed E-state index contributed by atoms with van der Waals surface area (Å²) in [5, 5.41) is 2.52. The van der Waals surface area contributed by atoms with Crippen molar-refractivity contribution >= 4 is 28.0 Å². The third kappa shape index (κ3) is 7.13. The number of rotatable bonds is 5. The number of hydrogen-bond acceptors (Lipinski definition) is 4. The summed E-state index contributed by atoms with van der Waals surface area (Å²) in [6, 6.07) is 9.24. The molecule has 0 saturated heterocycles. The second-order valence-corrected chi connectivity index (χ2v) is 6.29. The topological polar surface area (TPSA) is 64.6 Å². The summed E-state index contributed by atoms with van der Waals surface area (Å²) in [6.45, 7) is 5.63. The van der Waals surface area contributed by atoms with Gasteiger partial charge in [-0.2, -0.15) is 0 Å². The molecule has 21 heavy (non-hydrogen) atoms. The predicted octanol–water partition coefficient (Wildman–Crippen LogP) is 3.19. The normalized spacial score (nSPS) is 12.4. The standard InChI is InChI=1S/C15H20BrNO4/c1-15(2,3)21-14(19)17-9-10-20-13(18)12(16)11-7-5-4-6-8-11/h4-8,12H,9-10H2,1-3H3,(H,17,19). The van der Waals surface area contributed by atoms with Gasteiger partial charge in [0.1, 0.15) is 17.0 Å². The maximum absolute atomic E-state index is 11.8. The van der Waals surface area contributed by atoms with Gasteiger partial charge in [0.25, 0.3) is 0 Å². The molecule has 0 saturated carbocycles. The first-order valence-corrected chi connectivity index (χ1v) is 7.53. The Morgan fingerprint density at radius 2 is 1.86 bits per heavy atom. The average molecular weight is 358 g/mol. The van der Waals surface area contributed by atoms with E-state index in [2.05, 4.69) is 21.2 Å². The number of halogens is 1. The first-order valence-electron chi connectivity index (χ1n) is 6.62. The summed E-state index contributed by atoms with van der Waals surface area (Å²) in [6.07, 6.45) is -0.531. The van der Waals surface area contributed by atoms with Gasteiger partial charge in [-0.3, -0.25) is 4.79 Å². The van der Waals surface area contributed by atoms with Crippen LogP contribution in [0.15, 0.2) is 30.3 Å². The number of alkyl halides is 1. The number of hydrogen-bond donors (Lipinski definition) is 1. The van der Waals surface area contributed by atoms with Crippen molar-refractivity contribution in [3.8, 4) is 0 Å². The van der Waals surface area contributed by atoms with Gasteiger partial charge in [-0.25, -0.2) is 4.79 Å². The Labute approximate surface area is 133 Å². The highest BCUT2D eigenvalue weighted by atomic mass is 79.9. The Balaban J connectivity index is 2.27. The van der Waals surface area contributed by atoms with Crippen LogP contribution in [0.2, 0.25) is 0 Å². The number of alkyl carbamates (subject to hydrolysis) is 1. The van der Waals surface area contributed by atoms with Crippen LogP contribution in [0, 0.1) is 0 Å². The van der Waals surface area contributed by atoms with E-state index in [-0.39, 0.29) is 13.2 Å². The van der Waals surface area contributed by atoms with Crippen LogP contribution in [-0.2, 0) is 14.3 Å². The van der Waals surface area contributed by atoms with Gasteiger partial charge in [-0.15, -0.1) is 0 Å². The fourth-order valence-corrected chi connectivity index (χ4v) is 1.89. The average Bonchev–Trinajstić information content (AvgIpc) is 2.41. The predicted molar refractivity (Wildman–Crippen MR) is 83.3 cm³/mol. The molecule has 0 radical (unpaired) electrons. The summed E-state index contributed by atoms with van der Waals surface area (Å²) in [5.41, 5.74) is 0.275. The third-order valence-electron chi connectivity index (χ3n) is 2.31. The Hall–Kier alpha value is -1.56. The lowest BCUT2D eigenvalue weighted by atomic mass is 10.1. The van der Waals surface area contributed by atoms with E-state index in [0.717, 1.165) is 5.56 Å². The van der Waals surface area contributed by atoms with Crippen LogP contribution >= 0.6 is 15.9 Å². The molecular weight excluding hydrogens is 338 g/mol. The van der Waals surface area contributed by atoms with Gasteiger partial charge in [0, 0.05) is 0 Å². The summed E-state index contributed by atoms with van der Waals surface area (Å²) < 4.78 is 10.1. The molecule has 0 aliphatic rings. The molecule has 0 aliphatic heterocycles. The first kappa shape index (κ1) is 17.5. The van der Waals surface area contributed by atoms with E-state index in [9.17, 15) is 9.59 Å². The Morgan fingerprint density at radius 3 is 2.43 bits per heavy atom. The molecule has 1 rings (SSSR count). The Kier molecular flexibility index (Phi) is 6.68. The van der Waals surface area contributed by atoms with E-state index < -0.39 is 22.5 Å². The highest BCUT2D eigenvalue weighted by Crippen LogP contribution is 2.23. The fraction of sp³-hybridized carbons (Fsp3) is 0.467. The van der Waals surface area contributed by atoms with E-state index in [1.54, 1.807) is 20.8 Å². The number of esters is 1. The van der Waals surface area contributed by atoms with Crippen molar-refractivity contribution in [2.24, 2.45) is 0 Å². The quantitative estimate of drug-likeness (QED) is 0.499. The van der Waals surface area contributed by atoms with Crippen molar-refractivity contribution in [3.63, 3.8) is 0 Å². The van der Waals surface area contributed by atoms with Gasteiger partial charge in [0.15, 0.2) is 0 Å². The van der Waals surface area contributed by atoms with Gasteiger partial charge in [-0.1, -0.05) is 46.3 Å². The SMILES string of the molecule is CC(C)(C)OC(=O)NCCOC(=O)C(Br)c1ccccc1. The van der Waals surface area contributed by atoms with Gasteiger partial charge in [-0.05, 0) is 26.3 Å². The molecular formula is C15H20BrNO4. The number of nitrogens with one attached hydrogen (secondary N) is 1. The van der Waals surface area contributed by atoms with E-state index in [1.807, 2.05) is 30.3 Å². The lowest BCUT2D eigenvalue weighted by Gasteiger charge is -2.19. The van der Waals surface area contributed by atoms with E-state index in [0.29, 0.717) is 0 Å². The van der Waals surface area contributed by atoms with Crippen molar-refractivity contribution in [3.05, 3.63) is 35.9 Å². The Bertz CT molecular complexity index is 470. The largest absolute Gasteiger partial charge is 0.463 e. The molecule has 1 atom stereocenters. The number of amides is 1. The minimum Gasteiger partial charge on any atom is -0.463 e. The van der Waals surface area contributed by atoms with Crippen molar-refractivity contribution in [1.82, 2.24) is 5.32 Å². The molecule has 6 heteroatoms. The smallest absolute Gasteiger partial charge is 0.407 e. The zero-order chi connectivity index (χ0) is 15.9. The van der Waals surface area contributed by atoms with Crippen LogP contribution in [0.4, 0.5) is 4.79 Å². The second-order valence-electron chi connectivity index (χ2n) is 5.37. The molecule has 1 aromatic carbocycles. The van der Waals surface area contributed by atoms with Gasteiger partial charge < -0.3 is 14.8 Å². The minimum absolute atomic E-state index is 0.0903. The molecule has 1 amide bonds. The number of ether oxygens (including phenoxy) is 2. The van der Waals surface area contributed by atoms with Crippen LogP contribution < -0.4 is 5.32 Å². The molecule has 0 spiro atoms. The molecule has 5 nitrogen and oxygen atoms in total. The lowest BCUT2D eigenvalue weighted by Crippen LogP contribution is -2.34. The number of carbonyl (C=O) groups is 2. The van der Waals surface area contributed by atoms with E-state index in [1.165, 1.54) is 0 Å². The number of carbonyl (C=O) groups excluding carboxylic acids is 2. The highest BCUT2D eigenvalue weighted by molar-refractivity contribution is 9.09. The van der Waals surface area contributed by atoms with Gasteiger partial charge >= 0.3 is 12.1 Å². The summed E-state index contributed by atoms with van der Waals surface area (Å²) in [7, 11) is 0. The van der Waals surface area contributed by atoms with Crippen LogP contribution in [0.25, 0.3) is 0 Å². The van der Waals surface area contributed by atoms with E-state index in [4.69, 9.17) is 9.47 Å². The van der Waals surface area contributed by atoms with Crippen LogP contribution in [-0.4, -0.2) is 30.8 Å². The summed E-state index contributed by atoms with van der Waals surface area (Å²) in [5.74, 6) is -0.396. The van der Waals surface area contributed by atoms with E-state index >= 15 is 0 Å². The zero-order valence-corrected chi connectivity index (χ0v) is 14.0. The summed E-state index contributed by atoms with van der Waals surface area (Å²) >= 11 is 3.29. The van der Waals surface area contributed by atoms with Crippen LogP contribution in [0.1, 0.15) is 31.2 Å². The highest BCUT2D eigenvalue weighted by Gasteiger charge is 2.19. The van der Waals surface area contributed by atoms with Gasteiger partial charge in [0.2, 0.25) is 0 Å². The minimum atomic E-state index is -0.547. The van der Waals surface area contributed by atoms with Crippen molar-refractivity contribution < 1.29 is 19.1 Å². The number of benzene rings is 1. The monoisotopic (exact) mass is 357 g/mol. The summed E-state index contributed by atoms with van der Waals surface area (Å²) in [4.78, 5) is 22.7. The first-order chi connectivity index (χ1) is 9.79. The van der Waals surface area contributed by atoms with Crippen molar-refractivity contribution in [2.45, 2.75) is 31.2 Å². The van der Waals surface area contributed by atoms with Gasteiger partial charge in [0.05, 0.1) is 6.54 Å². The Morgan fingerprint density at radius 1 is 1.24 bits per heavy atom. The maximum atomic E-state index is 11.8. The van der Waals surface area contributed by atoms with Crippen LogP contribution in [0.3, 0.4) is 0 Å². The lowest BCUT2D eigenvalue weighted by molar-refractivity contribution is -0.142. The second kappa shape index (κ2) is 8.02. The molecule has 116 valence electrons.